The molecule has 2 fully saturated rings. The standard InChI is InChI=1S/C22H25NO2/c24-13-19-21(15-6-2-1-3-7-15)22(19)14-23(12-20(22)25)18-10-16-8-4-5-9-17(16)11-18/h1-9,18-21,24-25H,10-14H2/t19-,20-,21-,22-/m1/s1. The van der Waals surface area contributed by atoms with Gasteiger partial charge in [0.2, 0.25) is 0 Å². The number of hydrogen-bond acceptors (Lipinski definition) is 3. The molecular formula is C22H25NO2. The lowest BCUT2D eigenvalue weighted by Gasteiger charge is -2.23. The van der Waals surface area contributed by atoms with E-state index < -0.39 is 0 Å². The van der Waals surface area contributed by atoms with Gasteiger partial charge >= 0.3 is 0 Å². The lowest BCUT2D eigenvalue weighted by molar-refractivity contribution is 0.110. The first-order valence-electron chi connectivity index (χ1n) is 9.38. The van der Waals surface area contributed by atoms with E-state index in [1.54, 1.807) is 0 Å². The summed E-state index contributed by atoms with van der Waals surface area (Å²) in [5, 5.41) is 20.9. The fraction of sp³-hybridized carbons (Fsp3) is 0.455. The summed E-state index contributed by atoms with van der Waals surface area (Å²) in [5.41, 5.74) is 4.01. The molecule has 2 aromatic rings. The van der Waals surface area contributed by atoms with Gasteiger partial charge in [0.05, 0.1) is 6.10 Å². The SMILES string of the molecule is OC[C@@H]1[C@@H](c2ccccc2)[C@]12CN(C1Cc3ccccc3C1)C[C@H]2O. The highest BCUT2D eigenvalue weighted by Gasteiger charge is 2.71. The molecule has 0 aromatic heterocycles. The summed E-state index contributed by atoms with van der Waals surface area (Å²) in [7, 11) is 0. The van der Waals surface area contributed by atoms with Gasteiger partial charge in [-0.1, -0.05) is 54.6 Å². The molecule has 1 aliphatic heterocycles. The smallest absolute Gasteiger partial charge is 0.0745 e. The summed E-state index contributed by atoms with van der Waals surface area (Å²) in [4.78, 5) is 2.48. The minimum absolute atomic E-state index is 0.162. The number of β-amino-alcohol motifs (C(OH)–C–C–N with tert-alkyl or cyclic N) is 1. The average Bonchev–Trinajstić information content (AvgIpc) is 2.91. The first kappa shape index (κ1) is 15.6. The second kappa shape index (κ2) is 5.66. The fourth-order valence-corrected chi connectivity index (χ4v) is 5.67. The summed E-state index contributed by atoms with van der Waals surface area (Å²) in [6, 6.07) is 19.6. The molecule has 25 heavy (non-hydrogen) atoms. The molecule has 0 bridgehead atoms. The van der Waals surface area contributed by atoms with E-state index in [-0.39, 0.29) is 30.0 Å². The van der Waals surface area contributed by atoms with E-state index in [4.69, 9.17) is 0 Å². The number of aliphatic hydroxyl groups excluding tert-OH is 2. The Morgan fingerprint density at radius 3 is 2.24 bits per heavy atom. The number of nitrogens with zero attached hydrogens (tertiary/aromatic N) is 1. The Morgan fingerprint density at radius 2 is 1.60 bits per heavy atom. The third-order valence-corrected chi connectivity index (χ3v) is 6.97. The van der Waals surface area contributed by atoms with Crippen molar-refractivity contribution < 1.29 is 10.2 Å². The van der Waals surface area contributed by atoms with Gasteiger partial charge in [-0.05, 0) is 41.4 Å². The second-order valence-corrected chi connectivity index (χ2v) is 8.07. The van der Waals surface area contributed by atoms with Crippen molar-refractivity contribution in [2.75, 3.05) is 19.7 Å². The quantitative estimate of drug-likeness (QED) is 0.904. The Morgan fingerprint density at radius 1 is 0.960 bits per heavy atom. The van der Waals surface area contributed by atoms with Gasteiger partial charge in [0.25, 0.3) is 0 Å². The van der Waals surface area contributed by atoms with Crippen LogP contribution >= 0.6 is 0 Å². The normalized spacial score (nSPS) is 34.6. The maximum absolute atomic E-state index is 10.9. The van der Waals surface area contributed by atoms with Crippen molar-refractivity contribution in [3.8, 4) is 0 Å². The van der Waals surface area contributed by atoms with Gasteiger partial charge in [0, 0.05) is 31.2 Å². The zero-order valence-corrected chi connectivity index (χ0v) is 14.4. The number of benzene rings is 2. The molecule has 0 unspecified atom stereocenters. The van der Waals surface area contributed by atoms with Crippen molar-refractivity contribution >= 4 is 0 Å². The lowest BCUT2D eigenvalue weighted by atomic mass is 9.95. The summed E-state index contributed by atoms with van der Waals surface area (Å²) < 4.78 is 0. The van der Waals surface area contributed by atoms with Gasteiger partial charge in [0.1, 0.15) is 0 Å². The Bertz CT molecular complexity index is 752. The van der Waals surface area contributed by atoms with Crippen LogP contribution in [0.5, 0.6) is 0 Å². The molecule has 4 atom stereocenters. The van der Waals surface area contributed by atoms with Crippen LogP contribution < -0.4 is 0 Å². The summed E-state index contributed by atoms with van der Waals surface area (Å²) in [6.07, 6.45) is 1.82. The van der Waals surface area contributed by atoms with Crippen molar-refractivity contribution in [2.24, 2.45) is 11.3 Å². The van der Waals surface area contributed by atoms with Gasteiger partial charge in [-0.3, -0.25) is 4.90 Å². The molecule has 2 aromatic carbocycles. The van der Waals surface area contributed by atoms with Crippen LogP contribution in [0.15, 0.2) is 54.6 Å². The zero-order valence-electron chi connectivity index (χ0n) is 14.4. The number of rotatable bonds is 3. The van der Waals surface area contributed by atoms with E-state index in [1.807, 2.05) is 6.07 Å². The molecule has 130 valence electrons. The fourth-order valence-electron chi connectivity index (χ4n) is 5.67. The molecule has 3 heteroatoms. The molecule has 5 rings (SSSR count). The number of hydrogen-bond donors (Lipinski definition) is 2. The van der Waals surface area contributed by atoms with Crippen LogP contribution in [0, 0.1) is 11.3 Å². The average molecular weight is 335 g/mol. The predicted octanol–water partition coefficient (Wildman–Crippen LogP) is 2.22. The van der Waals surface area contributed by atoms with Crippen LogP contribution in [0.2, 0.25) is 0 Å². The van der Waals surface area contributed by atoms with E-state index in [2.05, 4.69) is 53.4 Å². The van der Waals surface area contributed by atoms with Crippen molar-refractivity contribution in [1.29, 1.82) is 0 Å². The second-order valence-electron chi connectivity index (χ2n) is 8.07. The van der Waals surface area contributed by atoms with Crippen LogP contribution in [0.1, 0.15) is 22.6 Å². The number of aliphatic hydroxyl groups is 2. The van der Waals surface area contributed by atoms with Gasteiger partial charge in [-0.2, -0.15) is 0 Å². The molecule has 2 N–H and O–H groups in total. The van der Waals surface area contributed by atoms with Crippen molar-refractivity contribution in [3.63, 3.8) is 0 Å². The van der Waals surface area contributed by atoms with E-state index in [0.29, 0.717) is 6.04 Å². The topological polar surface area (TPSA) is 43.7 Å². The van der Waals surface area contributed by atoms with Crippen LogP contribution in [-0.4, -0.2) is 47.0 Å². The van der Waals surface area contributed by atoms with Crippen LogP contribution in [0.4, 0.5) is 0 Å². The Balaban J connectivity index is 1.38. The minimum Gasteiger partial charge on any atom is -0.396 e. The third-order valence-electron chi connectivity index (χ3n) is 6.97. The summed E-state index contributed by atoms with van der Waals surface area (Å²) in [5.74, 6) is 0.459. The largest absolute Gasteiger partial charge is 0.396 e. The van der Waals surface area contributed by atoms with Gasteiger partial charge in [0.15, 0.2) is 0 Å². The lowest BCUT2D eigenvalue weighted by Crippen LogP contribution is -2.34. The van der Waals surface area contributed by atoms with Crippen LogP contribution in [0.25, 0.3) is 0 Å². The molecule has 0 radical (unpaired) electrons. The molecular weight excluding hydrogens is 310 g/mol. The van der Waals surface area contributed by atoms with Crippen molar-refractivity contribution in [3.05, 3.63) is 71.3 Å². The molecule has 1 heterocycles. The monoisotopic (exact) mass is 335 g/mol. The summed E-state index contributed by atoms with van der Waals surface area (Å²) >= 11 is 0. The zero-order chi connectivity index (χ0) is 17.0. The Kier molecular flexibility index (Phi) is 3.53. The van der Waals surface area contributed by atoms with E-state index >= 15 is 0 Å². The first-order chi connectivity index (χ1) is 12.2. The number of likely N-dealkylation sites (tertiary alicyclic amines) is 1. The van der Waals surface area contributed by atoms with E-state index in [0.717, 1.165) is 25.9 Å². The Labute approximate surface area is 148 Å². The molecule has 1 saturated heterocycles. The van der Waals surface area contributed by atoms with Gasteiger partial charge < -0.3 is 10.2 Å². The highest BCUT2D eigenvalue weighted by Crippen LogP contribution is 2.69. The molecule has 1 spiro atoms. The molecule has 2 aliphatic carbocycles. The third kappa shape index (κ3) is 2.23. The van der Waals surface area contributed by atoms with Crippen molar-refractivity contribution in [1.82, 2.24) is 4.90 Å². The maximum Gasteiger partial charge on any atom is 0.0745 e. The predicted molar refractivity (Wildman–Crippen MR) is 97.4 cm³/mol. The maximum atomic E-state index is 10.9. The highest BCUT2D eigenvalue weighted by molar-refractivity contribution is 5.38. The van der Waals surface area contributed by atoms with Gasteiger partial charge in [-0.25, -0.2) is 0 Å². The van der Waals surface area contributed by atoms with E-state index in [1.165, 1.54) is 16.7 Å². The first-order valence-corrected chi connectivity index (χ1v) is 9.38. The van der Waals surface area contributed by atoms with Crippen LogP contribution in [0.3, 0.4) is 0 Å². The molecule has 0 amide bonds. The van der Waals surface area contributed by atoms with Crippen molar-refractivity contribution in [2.45, 2.75) is 30.9 Å². The van der Waals surface area contributed by atoms with Gasteiger partial charge in [-0.15, -0.1) is 0 Å². The summed E-state index contributed by atoms with van der Waals surface area (Å²) in [6.45, 7) is 1.80. The molecule has 1 saturated carbocycles. The highest BCUT2D eigenvalue weighted by atomic mass is 16.3. The van der Waals surface area contributed by atoms with Crippen LogP contribution in [-0.2, 0) is 12.8 Å². The molecule has 3 aliphatic rings. The minimum atomic E-state index is -0.349. The Hall–Kier alpha value is -1.68. The molecule has 3 nitrogen and oxygen atoms in total. The van der Waals surface area contributed by atoms with E-state index in [9.17, 15) is 10.2 Å². The number of fused-ring (bicyclic) bond motifs is 1.